The van der Waals surface area contributed by atoms with E-state index in [0.717, 1.165) is 39.6 Å². The summed E-state index contributed by atoms with van der Waals surface area (Å²) in [6, 6.07) is 24.4. The van der Waals surface area contributed by atoms with Gasteiger partial charge in [-0.3, -0.25) is 9.80 Å². The highest BCUT2D eigenvalue weighted by Gasteiger charge is 2.40. The number of nitrogens with zero attached hydrogens (tertiary/aromatic N) is 2. The fourth-order valence-corrected chi connectivity index (χ4v) is 6.82. The molecular weight excluding hydrogens is 1130 g/mol. The predicted molar refractivity (Wildman–Crippen MR) is 357 cm³/mol. The van der Waals surface area contributed by atoms with Gasteiger partial charge < -0.3 is 43.4 Å². The summed E-state index contributed by atoms with van der Waals surface area (Å²) in [5.41, 5.74) is -2.99. The number of rotatable bonds is 21. The third-order valence-corrected chi connectivity index (χ3v) is 10.6. The molecule has 0 saturated heterocycles. The highest BCUT2D eigenvalue weighted by molar-refractivity contribution is 5.85. The van der Waals surface area contributed by atoms with Crippen LogP contribution < -0.4 is 9.47 Å². The van der Waals surface area contributed by atoms with E-state index in [1.807, 2.05) is 6.07 Å². The van der Waals surface area contributed by atoms with Gasteiger partial charge in [-0.15, -0.1) is 26.3 Å². The van der Waals surface area contributed by atoms with Gasteiger partial charge in [-0.1, -0.05) is 92.4 Å². The van der Waals surface area contributed by atoms with Crippen molar-refractivity contribution < 1.29 is 199 Å². The van der Waals surface area contributed by atoms with Crippen LogP contribution in [0.1, 0.15) is 204 Å². The number of halogens is 8. The molecule has 530 valence electrons. The summed E-state index contributed by atoms with van der Waals surface area (Å²) in [6.07, 6.45) is -15.4. The third kappa shape index (κ3) is 31.7. The lowest BCUT2D eigenvalue weighted by atomic mass is 10.00. The second kappa shape index (κ2) is 32.4. The first-order valence-electron chi connectivity index (χ1n) is 56.5. The van der Waals surface area contributed by atoms with Crippen LogP contribution >= 0.6 is 0 Å². The van der Waals surface area contributed by atoms with Crippen LogP contribution in [0.15, 0.2) is 109 Å². The number of carboxylic acids is 1. The quantitative estimate of drug-likeness (QED) is 0.0451. The average molecular weight is 1330 g/mol. The number of aliphatic hydroxyl groups is 1. The number of alkyl halides is 8. The van der Waals surface area contributed by atoms with Crippen molar-refractivity contribution in [1.29, 1.82) is 0 Å². The largest absolute Gasteiger partial charge is 0.573 e. The third-order valence-electron chi connectivity index (χ3n) is 10.6. The van der Waals surface area contributed by atoms with E-state index in [-0.39, 0.29) is 45.7 Å². The molecule has 2 unspecified atom stereocenters. The SMILES string of the molecule is C.CN(C(=O)OC(C)(C)C)C(CC(C)(C)F)C(=O)O.CN(C(=O)OC(C)(C)C)C(CC(C)(C)F)C(=O)O[C@H](Cc1ccc(OC(F)(F)F)cc1)C(=O)OCc1ccccc1.O=C(OCc1ccccc1)[C@H](O)Cc1ccc(OC(F)(F)F)cc1.[2H][2H].[2H][2H].[2H][2H].[2H][2H].[2H][2H].[2H][2H].[2H][2H].[2H][2H].[2H][2H].[2H][2H].[2H][2H].[2H][2H].[2H][2H].[2H][2H].[2H][2H].[2H][2H].[2H][2H].[2H][2H].[2H][2H].[2H][2H].[2H][2H].[2H][2H].[2H][2H].[2H][2H].[2H][2H].[2H][2H].[2H][2H].[2H][2H].[2H][2H].[2H][2H].[2H][2H]. The number of carbonyl (C=O) groups is 6. The number of aliphatic hydroxyl groups excluding tert-OH is 1. The van der Waals surface area contributed by atoms with Gasteiger partial charge in [-0.25, -0.2) is 37.5 Å². The number of aliphatic carboxylic acids is 1. The maximum Gasteiger partial charge on any atom is 0.573 e. The molecule has 4 aromatic rings. The molecular formula is C59H138F8N2O15. The highest BCUT2D eigenvalue weighted by Crippen LogP contribution is 2.27. The van der Waals surface area contributed by atoms with Gasteiger partial charge in [0.05, 0.1) is 0 Å². The lowest BCUT2D eigenvalue weighted by Crippen LogP contribution is -2.49. The zero-order chi connectivity index (χ0) is 125. The Morgan fingerprint density at radius 1 is 0.500 bits per heavy atom. The number of carboxylic acid groups (broad SMARTS) is 1. The number of amides is 2. The van der Waals surface area contributed by atoms with Crippen LogP contribution in [0.5, 0.6) is 11.5 Å². The standard InChI is InChI=1S/C29H35F4NO7.C17H15F3O4.C12H22FNO4.CH4.31H2/c1-27(2,3)41-26(37)34(6)22(17-28(4,5)30)24(35)39-23(25(36)38-18-20-10-8-7-9-11-20)16-19-12-14-21(15-13-19)40-29(31,32)33;18-17(19,20)24-14-8-6-12(7-9-14)10-15(21)16(22)23-11-13-4-2-1-3-5-13;1-11(2,3)18-10(17)14(6)8(9(15)16)7-12(4,5)13;;;;;;;;;;;;;;;;;;;;;;;;;;;;;;;;/h7-15,22-23H,16-18H2,1-6H3;1-9,15,21H,10-11H2;8H,7H2,1-6H3,(H,15,16);1H4;31*1H/t22?,23-;15-;;;;;;;;;;;;;;;;;;;;;;;;;;;;;;;;;/m11................................./s1/i;;;;31*1+1D. The van der Waals surface area contributed by atoms with Crippen molar-refractivity contribution in [3.8, 4) is 11.5 Å². The van der Waals surface area contributed by atoms with Crippen molar-refractivity contribution in [3.05, 3.63) is 131 Å². The molecule has 0 bridgehead atoms. The van der Waals surface area contributed by atoms with Crippen LogP contribution in [0.3, 0.4) is 0 Å². The van der Waals surface area contributed by atoms with Crippen molar-refractivity contribution >= 4 is 36.1 Å². The fraction of sp³-hybridized carbons (Fsp3) is 0.492. The second-order valence-corrected chi connectivity index (χ2v) is 21.8. The van der Waals surface area contributed by atoms with Crippen LogP contribution in [-0.2, 0) is 68.9 Å². The maximum absolute atomic E-state index is 14.7. The Hall–Kier alpha value is -7.70. The zero-order valence-corrected chi connectivity index (χ0v) is 48.1. The molecule has 0 aliphatic rings. The molecule has 0 aliphatic heterocycles. The van der Waals surface area contributed by atoms with E-state index in [0.29, 0.717) is 16.7 Å². The van der Waals surface area contributed by atoms with Gasteiger partial charge in [0.15, 0.2) is 6.10 Å². The Bertz CT molecular complexity index is 2810. The molecule has 0 aromatic heterocycles. The van der Waals surface area contributed by atoms with Gasteiger partial charge in [0, 0.05) is 132 Å². The monoisotopic (exact) mass is 1330 g/mol. The molecule has 84 heavy (non-hydrogen) atoms. The number of likely N-dealkylation sites (N-methyl/N-ethyl adjacent to an activating group) is 2. The molecule has 2 N–H and O–H groups in total. The van der Waals surface area contributed by atoms with Gasteiger partial charge in [0.25, 0.3) is 0 Å². The number of benzene rings is 4. The zero-order valence-electron chi connectivity index (χ0n) is 110. The lowest BCUT2D eigenvalue weighted by Gasteiger charge is -2.32. The molecule has 0 heterocycles. The average Bonchev–Trinajstić information content (AvgIpc) is 0.827. The summed E-state index contributed by atoms with van der Waals surface area (Å²) in [7, 11) is 2.53. The number of ether oxygens (including phenoxy) is 7. The Morgan fingerprint density at radius 3 is 1.19 bits per heavy atom. The van der Waals surface area contributed by atoms with Crippen LogP contribution in [0.25, 0.3) is 0 Å². The normalized spacial score (nSPS) is 16.1. The molecule has 0 aliphatic carbocycles. The van der Waals surface area contributed by atoms with Gasteiger partial charge in [0.2, 0.25) is 6.10 Å². The van der Waals surface area contributed by atoms with E-state index in [2.05, 4.69) is 9.47 Å². The minimum absolute atomic E-state index is 0. The first kappa shape index (κ1) is 37.6. The van der Waals surface area contributed by atoms with Crippen molar-refractivity contribution in [1.82, 2.24) is 9.80 Å². The number of hydrogen-bond acceptors (Lipinski definition) is 14. The smallest absolute Gasteiger partial charge is 0.480 e. The Labute approximate surface area is 579 Å². The molecule has 4 rings (SSSR count). The number of esters is 3. The molecule has 0 saturated carbocycles. The van der Waals surface area contributed by atoms with Crippen molar-refractivity contribution in [2.24, 2.45) is 0 Å². The van der Waals surface area contributed by atoms with E-state index in [1.165, 1.54) is 66.1 Å². The highest BCUT2D eigenvalue weighted by atomic mass is 19.4. The van der Waals surface area contributed by atoms with Gasteiger partial charge in [-0.05, 0) is 116 Å². The minimum Gasteiger partial charge on any atom is -0.480 e. The summed E-state index contributed by atoms with van der Waals surface area (Å²) in [4.78, 5) is 75.4. The van der Waals surface area contributed by atoms with E-state index in [4.69, 9.17) is 121 Å². The Balaban J connectivity index is -0.0000000378. The fourth-order valence-electron chi connectivity index (χ4n) is 6.82. The number of carbonyl (C=O) groups excluding carboxylic acids is 5. The first-order chi connectivity index (χ1) is 69.0. The molecule has 25 heteroatoms. The van der Waals surface area contributed by atoms with Gasteiger partial charge >= 0.3 is 48.8 Å². The van der Waals surface area contributed by atoms with Gasteiger partial charge in [0.1, 0.15) is 59.3 Å². The molecule has 0 fully saturated rings. The van der Waals surface area contributed by atoms with E-state index in [1.54, 1.807) is 96.1 Å². The summed E-state index contributed by atoms with van der Waals surface area (Å²) in [5, 5.41) is 18.9. The van der Waals surface area contributed by atoms with Gasteiger partial charge in [-0.2, -0.15) is 0 Å². The van der Waals surface area contributed by atoms with E-state index >= 15 is 0 Å². The van der Waals surface area contributed by atoms with Crippen LogP contribution in [0, 0.1) is 0 Å². The first-order valence-corrected chi connectivity index (χ1v) is 25.5. The van der Waals surface area contributed by atoms with Crippen molar-refractivity contribution in [3.63, 3.8) is 0 Å². The molecule has 4 aromatic carbocycles. The predicted octanol–water partition coefficient (Wildman–Crippen LogP) is 20.1. The minimum atomic E-state index is -4.89. The van der Waals surface area contributed by atoms with Crippen LogP contribution in [-0.4, -0.2) is 130 Å². The summed E-state index contributed by atoms with van der Waals surface area (Å²) in [5.74, 6) is -4.94. The Kier molecular flexibility index (Phi) is 14.5. The van der Waals surface area contributed by atoms with E-state index in [9.17, 15) is 69.0 Å². The summed E-state index contributed by atoms with van der Waals surface area (Å²) >= 11 is 0. The molecule has 4 atom stereocenters. The van der Waals surface area contributed by atoms with Crippen LogP contribution in [0.2, 0.25) is 0 Å². The summed E-state index contributed by atoms with van der Waals surface area (Å²) in [6.45, 7) is 14.7. The molecule has 0 spiro atoms. The van der Waals surface area contributed by atoms with Crippen LogP contribution in [0.4, 0.5) is 44.7 Å². The Morgan fingerprint density at radius 2 is 0.845 bits per heavy atom. The van der Waals surface area contributed by atoms with Crippen molar-refractivity contribution in [2.75, 3.05) is 14.1 Å². The molecule has 0 radical (unpaired) electrons. The van der Waals surface area contributed by atoms with E-state index < -0.39 is 108 Å². The molecule has 17 nitrogen and oxygen atoms in total. The second-order valence-electron chi connectivity index (χ2n) is 21.8. The maximum atomic E-state index is 14.7. The topological polar surface area (TPSA) is 214 Å². The lowest BCUT2D eigenvalue weighted by molar-refractivity contribution is -0.275. The molecule has 2 amide bonds. The number of hydrogen-bond donors (Lipinski definition) is 2. The summed E-state index contributed by atoms with van der Waals surface area (Å²) < 4.78 is 446. The van der Waals surface area contributed by atoms with Crippen molar-refractivity contribution in [2.45, 2.75) is 175 Å².